The maximum Gasteiger partial charge on any atom is 0.233 e. The Balaban J connectivity index is 2.15. The first-order valence-electron chi connectivity index (χ1n) is 7.30. The number of anilines is 1. The zero-order chi connectivity index (χ0) is 15.1. The van der Waals surface area contributed by atoms with Crippen molar-refractivity contribution in [3.8, 4) is 0 Å². The Labute approximate surface area is 126 Å². The van der Waals surface area contributed by atoms with E-state index in [-0.39, 0.29) is 5.91 Å². The van der Waals surface area contributed by atoms with E-state index < -0.39 is 5.41 Å². The smallest absolute Gasteiger partial charge is 0.233 e. The van der Waals surface area contributed by atoms with Crippen molar-refractivity contribution in [2.75, 3.05) is 39.2 Å². The number of para-hydroxylation sites is 1. The molecule has 1 fully saturated rings. The molecule has 1 heterocycles. The molecule has 1 aliphatic rings. The summed E-state index contributed by atoms with van der Waals surface area (Å²) in [4.78, 5) is 12.8. The zero-order valence-electron chi connectivity index (χ0n) is 12.8. The van der Waals surface area contributed by atoms with Crippen molar-refractivity contribution >= 4 is 11.6 Å². The molecule has 1 amide bonds. The molecule has 0 spiro atoms. The maximum atomic E-state index is 12.8. The van der Waals surface area contributed by atoms with E-state index in [4.69, 9.17) is 9.47 Å². The highest BCUT2D eigenvalue weighted by Crippen LogP contribution is 2.31. The minimum absolute atomic E-state index is 0.0365. The number of amides is 1. The molecule has 1 aromatic carbocycles. The van der Waals surface area contributed by atoms with Crippen LogP contribution < -0.4 is 10.6 Å². The van der Waals surface area contributed by atoms with Gasteiger partial charge in [0.15, 0.2) is 0 Å². The third kappa shape index (κ3) is 3.81. The summed E-state index contributed by atoms with van der Waals surface area (Å²) in [6, 6.07) is 7.73. The molecule has 0 unspecified atom stereocenters. The summed E-state index contributed by atoms with van der Waals surface area (Å²) in [6.45, 7) is 2.62. The summed E-state index contributed by atoms with van der Waals surface area (Å²) in [6.07, 6.45) is 1.58. The summed E-state index contributed by atoms with van der Waals surface area (Å²) in [5.41, 5.74) is 1.36. The minimum atomic E-state index is -0.444. The van der Waals surface area contributed by atoms with E-state index in [0.717, 1.165) is 37.2 Å². The third-order valence-electron chi connectivity index (χ3n) is 4.03. The van der Waals surface area contributed by atoms with E-state index in [1.165, 1.54) is 0 Å². The average molecular weight is 292 g/mol. The standard InChI is InChI=1S/C16H24N2O3/c1-20-11-13-5-3-4-6-14(13)18-15(19)16(12-21-2)7-9-17-10-8-16/h3-6,17H,7-12H2,1-2H3,(H,18,19). The first kappa shape index (κ1) is 15.9. The fourth-order valence-electron chi connectivity index (χ4n) is 2.80. The van der Waals surface area contributed by atoms with E-state index in [2.05, 4.69) is 10.6 Å². The van der Waals surface area contributed by atoms with Crippen LogP contribution in [0, 0.1) is 5.41 Å². The quantitative estimate of drug-likeness (QED) is 0.839. The lowest BCUT2D eigenvalue weighted by atomic mass is 9.78. The molecule has 0 bridgehead atoms. The molecule has 5 heteroatoms. The van der Waals surface area contributed by atoms with Gasteiger partial charge in [0, 0.05) is 25.5 Å². The van der Waals surface area contributed by atoms with Crippen molar-refractivity contribution in [1.29, 1.82) is 0 Å². The fourth-order valence-corrected chi connectivity index (χ4v) is 2.80. The van der Waals surface area contributed by atoms with E-state index in [0.29, 0.717) is 13.2 Å². The summed E-state index contributed by atoms with van der Waals surface area (Å²) in [5, 5.41) is 6.36. The van der Waals surface area contributed by atoms with Crippen LogP contribution in [0.2, 0.25) is 0 Å². The summed E-state index contributed by atoms with van der Waals surface area (Å²) >= 11 is 0. The van der Waals surface area contributed by atoms with Crippen LogP contribution in [0.15, 0.2) is 24.3 Å². The SMILES string of the molecule is COCc1ccccc1NC(=O)C1(COC)CCNCC1. The van der Waals surface area contributed by atoms with Crippen molar-refractivity contribution in [1.82, 2.24) is 5.32 Å². The van der Waals surface area contributed by atoms with Gasteiger partial charge in [-0.2, -0.15) is 0 Å². The van der Waals surface area contributed by atoms with E-state index >= 15 is 0 Å². The Hall–Kier alpha value is -1.43. The third-order valence-corrected chi connectivity index (χ3v) is 4.03. The molecule has 1 aliphatic heterocycles. The van der Waals surface area contributed by atoms with Crippen LogP contribution in [0.1, 0.15) is 18.4 Å². The lowest BCUT2D eigenvalue weighted by Gasteiger charge is -2.35. The molecule has 21 heavy (non-hydrogen) atoms. The van der Waals surface area contributed by atoms with E-state index in [9.17, 15) is 4.79 Å². The fraction of sp³-hybridized carbons (Fsp3) is 0.562. The molecule has 2 N–H and O–H groups in total. The first-order chi connectivity index (χ1) is 10.2. The van der Waals surface area contributed by atoms with Gasteiger partial charge in [-0.25, -0.2) is 0 Å². The number of rotatable bonds is 6. The van der Waals surface area contributed by atoms with Crippen molar-refractivity contribution in [3.05, 3.63) is 29.8 Å². The Morgan fingerprint density at radius 3 is 2.62 bits per heavy atom. The highest BCUT2D eigenvalue weighted by atomic mass is 16.5. The lowest BCUT2D eigenvalue weighted by molar-refractivity contribution is -0.130. The van der Waals surface area contributed by atoms with Crippen molar-refractivity contribution < 1.29 is 14.3 Å². The van der Waals surface area contributed by atoms with Crippen LogP contribution in [-0.2, 0) is 20.9 Å². The first-order valence-corrected chi connectivity index (χ1v) is 7.30. The Kier molecular flexibility index (Phi) is 5.73. The van der Waals surface area contributed by atoms with Gasteiger partial charge in [-0.1, -0.05) is 18.2 Å². The van der Waals surface area contributed by atoms with Gasteiger partial charge in [0.25, 0.3) is 0 Å². The van der Waals surface area contributed by atoms with Crippen molar-refractivity contribution in [3.63, 3.8) is 0 Å². The van der Waals surface area contributed by atoms with Gasteiger partial charge in [0.2, 0.25) is 5.91 Å². The van der Waals surface area contributed by atoms with Gasteiger partial charge < -0.3 is 20.1 Å². The molecule has 0 radical (unpaired) electrons. The molecule has 1 saturated heterocycles. The summed E-state index contributed by atoms with van der Waals surface area (Å²) < 4.78 is 10.5. The zero-order valence-corrected chi connectivity index (χ0v) is 12.8. The van der Waals surface area contributed by atoms with Crippen LogP contribution in [0.5, 0.6) is 0 Å². The Morgan fingerprint density at radius 2 is 1.95 bits per heavy atom. The minimum Gasteiger partial charge on any atom is -0.384 e. The van der Waals surface area contributed by atoms with Gasteiger partial charge in [-0.15, -0.1) is 0 Å². The largest absolute Gasteiger partial charge is 0.384 e. The van der Waals surface area contributed by atoms with E-state index in [1.54, 1.807) is 14.2 Å². The van der Waals surface area contributed by atoms with Crippen LogP contribution in [0.25, 0.3) is 0 Å². The second kappa shape index (κ2) is 7.54. The molecule has 116 valence electrons. The average Bonchev–Trinajstić information content (AvgIpc) is 2.50. The van der Waals surface area contributed by atoms with Gasteiger partial charge in [0.1, 0.15) is 0 Å². The topological polar surface area (TPSA) is 59.6 Å². The summed E-state index contributed by atoms with van der Waals surface area (Å²) in [5.74, 6) is 0.0365. The molecule has 0 atom stereocenters. The molecule has 2 rings (SSSR count). The Morgan fingerprint density at radius 1 is 1.24 bits per heavy atom. The van der Waals surface area contributed by atoms with Crippen molar-refractivity contribution in [2.45, 2.75) is 19.4 Å². The lowest BCUT2D eigenvalue weighted by Crippen LogP contribution is -2.47. The maximum absolute atomic E-state index is 12.8. The molecule has 1 aromatic rings. The molecule has 0 aliphatic carbocycles. The second-order valence-electron chi connectivity index (χ2n) is 5.51. The predicted octanol–water partition coefficient (Wildman–Crippen LogP) is 1.79. The molecule has 5 nitrogen and oxygen atoms in total. The van der Waals surface area contributed by atoms with Gasteiger partial charge in [-0.3, -0.25) is 4.79 Å². The van der Waals surface area contributed by atoms with Crippen molar-refractivity contribution in [2.24, 2.45) is 5.41 Å². The number of hydrogen-bond donors (Lipinski definition) is 2. The number of ether oxygens (including phenoxy) is 2. The van der Waals surface area contributed by atoms with Gasteiger partial charge in [-0.05, 0) is 32.0 Å². The highest BCUT2D eigenvalue weighted by molar-refractivity contribution is 5.96. The number of methoxy groups -OCH3 is 2. The summed E-state index contributed by atoms with van der Waals surface area (Å²) in [7, 11) is 3.30. The van der Waals surface area contributed by atoms with E-state index in [1.807, 2.05) is 24.3 Å². The molecular formula is C16H24N2O3. The molecule has 0 aromatic heterocycles. The normalized spacial score (nSPS) is 17.4. The van der Waals surface area contributed by atoms with Crippen LogP contribution >= 0.6 is 0 Å². The number of nitrogens with one attached hydrogen (secondary N) is 2. The molecule has 0 saturated carbocycles. The van der Waals surface area contributed by atoms with Crippen LogP contribution in [-0.4, -0.2) is 39.8 Å². The monoisotopic (exact) mass is 292 g/mol. The van der Waals surface area contributed by atoms with Gasteiger partial charge >= 0.3 is 0 Å². The van der Waals surface area contributed by atoms with Gasteiger partial charge in [0.05, 0.1) is 18.6 Å². The predicted molar refractivity (Wildman–Crippen MR) is 82.2 cm³/mol. The highest BCUT2D eigenvalue weighted by Gasteiger charge is 2.39. The second-order valence-corrected chi connectivity index (χ2v) is 5.51. The number of carbonyl (C=O) groups is 1. The molecular weight excluding hydrogens is 268 g/mol. The Bertz CT molecular complexity index is 465. The number of hydrogen-bond acceptors (Lipinski definition) is 4. The number of benzene rings is 1. The number of piperidine rings is 1. The number of carbonyl (C=O) groups excluding carboxylic acids is 1. The van der Waals surface area contributed by atoms with Crippen LogP contribution in [0.4, 0.5) is 5.69 Å². The van der Waals surface area contributed by atoms with Crippen LogP contribution in [0.3, 0.4) is 0 Å².